The van der Waals surface area contributed by atoms with Gasteiger partial charge in [-0.3, -0.25) is 0 Å². The van der Waals surface area contributed by atoms with Gasteiger partial charge in [-0.2, -0.15) is 0 Å². The minimum Gasteiger partial charge on any atom is -0.550 e. The summed E-state index contributed by atoms with van der Waals surface area (Å²) in [5.74, 6) is -4.91. The molecule has 0 aromatic heterocycles. The fourth-order valence-corrected chi connectivity index (χ4v) is 0.612. The van der Waals surface area contributed by atoms with Crippen molar-refractivity contribution in [2.45, 2.75) is 12.8 Å². The van der Waals surface area contributed by atoms with Crippen LogP contribution in [0, 0.1) is 0 Å². The van der Waals surface area contributed by atoms with Gasteiger partial charge < -0.3 is 29.7 Å². The van der Waals surface area contributed by atoms with Crippen molar-refractivity contribution in [3.63, 3.8) is 0 Å². The molecule has 0 N–H and O–H groups in total. The van der Waals surface area contributed by atoms with Gasteiger partial charge in [0.2, 0.25) is 0 Å². The summed E-state index contributed by atoms with van der Waals surface area (Å²) in [6, 6.07) is 0. The first kappa shape index (κ1) is 11.2. The molecule has 13 heavy (non-hydrogen) atoms. The lowest BCUT2D eigenvalue weighted by Crippen LogP contribution is -2.29. The van der Waals surface area contributed by atoms with E-state index in [1.54, 1.807) is 0 Å². The number of hydrogen-bond acceptors (Lipinski definition) is 6. The van der Waals surface area contributed by atoms with Crippen LogP contribution in [0.25, 0.3) is 0 Å². The van der Waals surface area contributed by atoms with E-state index < -0.39 is 36.3 Å². The molecule has 6 nitrogen and oxygen atoms in total. The van der Waals surface area contributed by atoms with Crippen molar-refractivity contribution in [3.8, 4) is 0 Å². The maximum atomic E-state index is 10.2. The molecule has 0 bridgehead atoms. The van der Waals surface area contributed by atoms with E-state index in [0.717, 1.165) is 0 Å². The highest BCUT2D eigenvalue weighted by Gasteiger charge is 1.98. The Labute approximate surface area is 73.1 Å². The lowest BCUT2D eigenvalue weighted by Gasteiger charge is -2.09. The molecule has 0 radical (unpaired) electrons. The molecule has 0 amide bonds. The highest BCUT2D eigenvalue weighted by atomic mass is 16.4. The summed E-state index contributed by atoms with van der Waals surface area (Å²) in [5, 5.41) is 30.0. The first-order valence-corrected chi connectivity index (χ1v) is 3.26. The normalized spacial score (nSPS) is 10.9. The Balaban J connectivity index is 4.36. The summed E-state index contributed by atoms with van der Waals surface area (Å²) in [7, 11) is 0. The zero-order chi connectivity index (χ0) is 10.4. The average molecular weight is 185 g/mol. The minimum absolute atomic E-state index is 0.290. The van der Waals surface area contributed by atoms with Crippen molar-refractivity contribution in [3.05, 3.63) is 11.6 Å². The first-order valence-electron chi connectivity index (χ1n) is 3.26. The summed E-state index contributed by atoms with van der Waals surface area (Å²) in [5.41, 5.74) is -0.635. The second-order valence-corrected chi connectivity index (χ2v) is 2.15. The van der Waals surface area contributed by atoms with Crippen LogP contribution in [-0.4, -0.2) is 17.9 Å². The SMILES string of the molecule is O=C([O-])/C=C(\CCC(=O)[O-])C(=O)[O-]. The van der Waals surface area contributed by atoms with E-state index in [4.69, 9.17) is 0 Å². The fraction of sp³-hybridized carbons (Fsp3) is 0.286. The van der Waals surface area contributed by atoms with E-state index in [9.17, 15) is 29.7 Å². The maximum absolute atomic E-state index is 10.2. The summed E-state index contributed by atoms with van der Waals surface area (Å²) in [4.78, 5) is 30.0. The largest absolute Gasteiger partial charge is 0.550 e. The second-order valence-electron chi connectivity index (χ2n) is 2.15. The van der Waals surface area contributed by atoms with E-state index >= 15 is 0 Å². The van der Waals surface area contributed by atoms with Gasteiger partial charge in [-0.1, -0.05) is 0 Å². The van der Waals surface area contributed by atoms with Gasteiger partial charge in [0.25, 0.3) is 0 Å². The molecule has 0 fully saturated rings. The molecule has 0 aromatic rings. The topological polar surface area (TPSA) is 120 Å². The standard InChI is InChI=1S/C7H8O6/c8-5(9)2-1-4(7(12)13)3-6(10)11/h3H,1-2H2,(H,8,9)(H,10,11)(H,12,13)/p-3/b4-3+. The van der Waals surface area contributed by atoms with Crippen LogP contribution in [-0.2, 0) is 14.4 Å². The van der Waals surface area contributed by atoms with Crippen molar-refractivity contribution in [1.29, 1.82) is 0 Å². The third-order valence-electron chi connectivity index (χ3n) is 1.15. The van der Waals surface area contributed by atoms with Gasteiger partial charge in [-0.25, -0.2) is 0 Å². The molecular formula is C7H5O6-3. The molecule has 0 saturated heterocycles. The van der Waals surface area contributed by atoms with E-state index in [1.807, 2.05) is 0 Å². The Morgan fingerprint density at radius 3 is 1.85 bits per heavy atom. The van der Waals surface area contributed by atoms with Crippen LogP contribution in [0.3, 0.4) is 0 Å². The summed E-state index contributed by atoms with van der Waals surface area (Å²) < 4.78 is 0. The van der Waals surface area contributed by atoms with Gasteiger partial charge in [-0.05, 0) is 24.5 Å². The number of carbonyl (C=O) groups is 3. The van der Waals surface area contributed by atoms with E-state index in [0.29, 0.717) is 0 Å². The summed E-state index contributed by atoms with van der Waals surface area (Å²) in [6.45, 7) is 0. The molecule has 0 aliphatic carbocycles. The fourth-order valence-electron chi connectivity index (χ4n) is 0.612. The van der Waals surface area contributed by atoms with E-state index in [-0.39, 0.29) is 6.08 Å². The Kier molecular flexibility index (Phi) is 4.21. The van der Waals surface area contributed by atoms with Crippen LogP contribution in [0.2, 0.25) is 0 Å². The van der Waals surface area contributed by atoms with Crippen LogP contribution < -0.4 is 15.3 Å². The Morgan fingerprint density at radius 2 is 1.54 bits per heavy atom. The number of carboxylic acids is 3. The molecular weight excluding hydrogens is 180 g/mol. The number of hydrogen-bond donors (Lipinski definition) is 0. The predicted octanol–water partition coefficient (Wildman–Crippen LogP) is -4.06. The number of carbonyl (C=O) groups excluding carboxylic acids is 3. The summed E-state index contributed by atoms with van der Waals surface area (Å²) in [6.07, 6.45) is -0.746. The van der Waals surface area contributed by atoms with E-state index in [2.05, 4.69) is 0 Å². The quantitative estimate of drug-likeness (QED) is 0.402. The Hall–Kier alpha value is -1.85. The highest BCUT2D eigenvalue weighted by Crippen LogP contribution is 2.02. The van der Waals surface area contributed by atoms with Gasteiger partial charge in [0.05, 0.1) is 11.9 Å². The molecule has 0 unspecified atom stereocenters. The molecule has 0 atom stereocenters. The molecule has 0 aromatic carbocycles. The first-order chi connectivity index (χ1) is 5.93. The van der Waals surface area contributed by atoms with E-state index in [1.165, 1.54) is 0 Å². The van der Waals surface area contributed by atoms with Gasteiger partial charge >= 0.3 is 0 Å². The molecule has 0 saturated carbocycles. The zero-order valence-corrected chi connectivity index (χ0v) is 6.44. The van der Waals surface area contributed by atoms with Crippen LogP contribution in [0.5, 0.6) is 0 Å². The van der Waals surface area contributed by atoms with Crippen molar-refractivity contribution >= 4 is 17.9 Å². The molecule has 72 valence electrons. The number of carboxylic acid groups (broad SMARTS) is 3. The molecule has 0 aliphatic rings. The van der Waals surface area contributed by atoms with Crippen molar-refractivity contribution in [2.24, 2.45) is 0 Å². The molecule has 0 aliphatic heterocycles. The number of rotatable bonds is 5. The van der Waals surface area contributed by atoms with Crippen LogP contribution in [0.1, 0.15) is 12.8 Å². The Bertz CT molecular complexity index is 264. The zero-order valence-electron chi connectivity index (χ0n) is 6.44. The minimum atomic E-state index is -1.73. The lowest BCUT2D eigenvalue weighted by molar-refractivity contribution is -0.306. The van der Waals surface area contributed by atoms with Crippen molar-refractivity contribution < 1.29 is 29.7 Å². The predicted molar refractivity (Wildman–Crippen MR) is 32.3 cm³/mol. The van der Waals surface area contributed by atoms with Gasteiger partial charge in [0, 0.05) is 5.97 Å². The van der Waals surface area contributed by atoms with Gasteiger partial charge in [-0.15, -0.1) is 0 Å². The molecule has 0 heterocycles. The van der Waals surface area contributed by atoms with Gasteiger partial charge in [0.15, 0.2) is 0 Å². The Morgan fingerprint density at radius 1 is 1.00 bits per heavy atom. The monoisotopic (exact) mass is 185 g/mol. The van der Waals surface area contributed by atoms with Gasteiger partial charge in [0.1, 0.15) is 0 Å². The highest BCUT2D eigenvalue weighted by molar-refractivity contribution is 5.93. The number of aliphatic carboxylic acids is 3. The molecule has 6 heteroatoms. The van der Waals surface area contributed by atoms with Crippen molar-refractivity contribution in [1.82, 2.24) is 0 Å². The second kappa shape index (κ2) is 4.91. The molecule has 0 rings (SSSR count). The molecule has 0 spiro atoms. The maximum Gasteiger partial charge on any atom is 0.0675 e. The third kappa shape index (κ3) is 5.42. The van der Waals surface area contributed by atoms with Crippen LogP contribution >= 0.6 is 0 Å². The van der Waals surface area contributed by atoms with Crippen LogP contribution in [0.4, 0.5) is 0 Å². The third-order valence-corrected chi connectivity index (χ3v) is 1.15. The lowest BCUT2D eigenvalue weighted by atomic mass is 10.1. The summed E-state index contributed by atoms with van der Waals surface area (Å²) >= 11 is 0. The van der Waals surface area contributed by atoms with Crippen molar-refractivity contribution in [2.75, 3.05) is 0 Å². The average Bonchev–Trinajstić information content (AvgIpc) is 1.96. The smallest absolute Gasteiger partial charge is 0.0675 e. The van der Waals surface area contributed by atoms with Crippen LogP contribution in [0.15, 0.2) is 11.6 Å².